The highest BCUT2D eigenvalue weighted by Crippen LogP contribution is 2.30. The van der Waals surface area contributed by atoms with Gasteiger partial charge in [-0.25, -0.2) is 0 Å². The Bertz CT molecular complexity index is 1180. The number of aromatic hydroxyl groups is 1. The molecule has 0 saturated carbocycles. The van der Waals surface area contributed by atoms with E-state index >= 15 is 0 Å². The number of fused-ring (bicyclic) bond motifs is 1. The molecule has 0 radical (unpaired) electrons. The van der Waals surface area contributed by atoms with Crippen molar-refractivity contribution in [2.45, 2.75) is 6.54 Å². The van der Waals surface area contributed by atoms with E-state index in [1.165, 1.54) is 7.11 Å². The number of aromatic nitrogens is 2. The Morgan fingerprint density at radius 2 is 1.93 bits per heavy atom. The van der Waals surface area contributed by atoms with Gasteiger partial charge in [0.15, 0.2) is 11.5 Å². The van der Waals surface area contributed by atoms with Gasteiger partial charge in [-0.05, 0) is 35.9 Å². The number of rotatable bonds is 5. The van der Waals surface area contributed by atoms with Crippen LogP contribution in [0.4, 0.5) is 11.4 Å². The monoisotopic (exact) mass is 388 g/mol. The van der Waals surface area contributed by atoms with Gasteiger partial charge in [-0.2, -0.15) is 5.10 Å². The largest absolute Gasteiger partial charge is 0.504 e. The molecular formula is C22H20N4O3. The molecule has 0 spiro atoms. The van der Waals surface area contributed by atoms with E-state index in [1.807, 2.05) is 30.5 Å². The van der Waals surface area contributed by atoms with Gasteiger partial charge in [0.2, 0.25) is 0 Å². The van der Waals surface area contributed by atoms with Crippen molar-refractivity contribution in [3.8, 4) is 11.5 Å². The first-order valence-corrected chi connectivity index (χ1v) is 9.02. The molecule has 4 rings (SSSR count). The Morgan fingerprint density at radius 1 is 1.17 bits per heavy atom. The molecule has 4 aromatic rings. The zero-order chi connectivity index (χ0) is 20.4. The smallest absolute Gasteiger partial charge is 0.255 e. The van der Waals surface area contributed by atoms with Crippen molar-refractivity contribution in [1.29, 1.82) is 0 Å². The van der Waals surface area contributed by atoms with E-state index in [0.29, 0.717) is 29.2 Å². The summed E-state index contributed by atoms with van der Waals surface area (Å²) in [5, 5.41) is 18.1. The fourth-order valence-corrected chi connectivity index (χ4v) is 3.09. The highest BCUT2D eigenvalue weighted by molar-refractivity contribution is 6.05. The maximum Gasteiger partial charge on any atom is 0.255 e. The summed E-state index contributed by atoms with van der Waals surface area (Å²) in [6.07, 6.45) is 1.85. The van der Waals surface area contributed by atoms with Crippen molar-refractivity contribution in [3.05, 3.63) is 78.0 Å². The second kappa shape index (κ2) is 7.55. The molecular weight excluding hydrogens is 368 g/mol. The number of carbonyl (C=O) groups is 1. The van der Waals surface area contributed by atoms with E-state index in [4.69, 9.17) is 10.5 Å². The van der Waals surface area contributed by atoms with Crippen LogP contribution in [0.25, 0.3) is 10.9 Å². The molecule has 4 N–H and O–H groups in total. The third-order valence-corrected chi connectivity index (χ3v) is 4.62. The van der Waals surface area contributed by atoms with Gasteiger partial charge in [-0.1, -0.05) is 24.3 Å². The van der Waals surface area contributed by atoms with Crippen molar-refractivity contribution < 1.29 is 14.6 Å². The van der Waals surface area contributed by atoms with Gasteiger partial charge in [-0.3, -0.25) is 9.48 Å². The lowest BCUT2D eigenvalue weighted by Crippen LogP contribution is -2.13. The summed E-state index contributed by atoms with van der Waals surface area (Å²) in [4.78, 5) is 12.4. The van der Waals surface area contributed by atoms with E-state index < -0.39 is 0 Å². The zero-order valence-electron chi connectivity index (χ0n) is 15.8. The normalized spacial score (nSPS) is 10.8. The third kappa shape index (κ3) is 3.84. The number of nitrogens with one attached hydrogen (secondary N) is 1. The van der Waals surface area contributed by atoms with Crippen LogP contribution in [0.1, 0.15) is 15.9 Å². The zero-order valence-corrected chi connectivity index (χ0v) is 15.8. The van der Waals surface area contributed by atoms with Crippen LogP contribution in [-0.4, -0.2) is 27.9 Å². The predicted molar refractivity (Wildman–Crippen MR) is 112 cm³/mol. The highest BCUT2D eigenvalue weighted by Gasteiger charge is 2.10. The summed E-state index contributed by atoms with van der Waals surface area (Å²) in [6, 6.07) is 17.8. The summed E-state index contributed by atoms with van der Waals surface area (Å²) >= 11 is 0. The topological polar surface area (TPSA) is 102 Å². The lowest BCUT2D eigenvalue weighted by Gasteiger charge is -2.08. The molecule has 1 heterocycles. The molecule has 0 aliphatic heterocycles. The van der Waals surface area contributed by atoms with Crippen LogP contribution in [0.2, 0.25) is 0 Å². The number of phenolic OH excluding ortho intramolecular Hbond substituents is 1. The van der Waals surface area contributed by atoms with Crippen LogP contribution in [0.5, 0.6) is 11.5 Å². The second-order valence-corrected chi connectivity index (χ2v) is 6.65. The first-order valence-electron chi connectivity index (χ1n) is 9.02. The average molecular weight is 388 g/mol. The van der Waals surface area contributed by atoms with Gasteiger partial charge in [0.05, 0.1) is 30.5 Å². The van der Waals surface area contributed by atoms with Crippen molar-refractivity contribution in [1.82, 2.24) is 9.78 Å². The molecule has 0 saturated heterocycles. The molecule has 0 fully saturated rings. The second-order valence-electron chi connectivity index (χ2n) is 6.65. The Hall–Kier alpha value is -4.00. The molecule has 0 bridgehead atoms. The maximum atomic E-state index is 12.4. The van der Waals surface area contributed by atoms with Crippen LogP contribution >= 0.6 is 0 Å². The van der Waals surface area contributed by atoms with Crippen LogP contribution in [0.3, 0.4) is 0 Å². The van der Waals surface area contributed by atoms with E-state index in [0.717, 1.165) is 16.5 Å². The van der Waals surface area contributed by atoms with Gasteiger partial charge < -0.3 is 20.9 Å². The number of hydrogen-bond acceptors (Lipinski definition) is 5. The molecule has 0 unspecified atom stereocenters. The number of nitrogen functional groups attached to an aromatic ring is 1. The van der Waals surface area contributed by atoms with E-state index in [-0.39, 0.29) is 11.7 Å². The lowest BCUT2D eigenvalue weighted by atomic mass is 10.1. The van der Waals surface area contributed by atoms with Gasteiger partial charge in [0.1, 0.15) is 0 Å². The molecule has 1 aromatic heterocycles. The quantitative estimate of drug-likeness (QED) is 0.453. The van der Waals surface area contributed by atoms with Crippen molar-refractivity contribution >= 4 is 28.2 Å². The molecule has 3 aromatic carbocycles. The summed E-state index contributed by atoms with van der Waals surface area (Å²) in [7, 11) is 1.50. The molecule has 7 heteroatoms. The fraction of sp³-hybridized carbons (Fsp3) is 0.0909. The highest BCUT2D eigenvalue weighted by atomic mass is 16.5. The first kappa shape index (κ1) is 18.4. The first-order chi connectivity index (χ1) is 14.0. The molecule has 1 amide bonds. The minimum atomic E-state index is -0.221. The maximum absolute atomic E-state index is 12.4. The molecule has 29 heavy (non-hydrogen) atoms. The number of carbonyl (C=O) groups excluding carboxylic acids is 1. The third-order valence-electron chi connectivity index (χ3n) is 4.62. The number of nitrogens with zero attached hydrogens (tertiary/aromatic N) is 2. The molecule has 0 atom stereocenters. The summed E-state index contributed by atoms with van der Waals surface area (Å²) in [5.41, 5.74) is 9.24. The van der Waals surface area contributed by atoms with Crippen molar-refractivity contribution in [2.24, 2.45) is 0 Å². The number of para-hydroxylation sites is 2. The van der Waals surface area contributed by atoms with Gasteiger partial charge in [0, 0.05) is 23.2 Å². The Balaban J connectivity index is 1.49. The number of nitrogens with two attached hydrogens (primary N) is 1. The van der Waals surface area contributed by atoms with Gasteiger partial charge in [0.25, 0.3) is 5.91 Å². The predicted octanol–water partition coefficient (Wildman–Crippen LogP) is 3.63. The van der Waals surface area contributed by atoms with Gasteiger partial charge in [-0.15, -0.1) is 0 Å². The number of ether oxygens (including phenoxy) is 1. The minimum Gasteiger partial charge on any atom is -0.504 e. The summed E-state index contributed by atoms with van der Waals surface area (Å²) in [5.74, 6) is 0.244. The summed E-state index contributed by atoms with van der Waals surface area (Å²) in [6.45, 7) is 0.533. The van der Waals surface area contributed by atoms with E-state index in [1.54, 1.807) is 41.1 Å². The molecule has 0 aliphatic rings. The van der Waals surface area contributed by atoms with Gasteiger partial charge >= 0.3 is 0 Å². The number of phenols is 1. The standard InChI is InChI=1S/C22H20N4O3/c1-29-21-11-19-16(10-20(21)27)13-26(25-19)12-14-6-8-15(9-7-14)22(28)24-18-5-3-2-4-17(18)23/h2-11,13,27H,12,23H2,1H3,(H,24,28). The van der Waals surface area contributed by atoms with Crippen molar-refractivity contribution in [2.75, 3.05) is 18.2 Å². The van der Waals surface area contributed by atoms with Crippen LogP contribution in [0, 0.1) is 0 Å². The summed E-state index contributed by atoms with van der Waals surface area (Å²) < 4.78 is 6.90. The Kier molecular flexibility index (Phi) is 4.78. The number of benzene rings is 3. The fourth-order valence-electron chi connectivity index (χ4n) is 3.09. The lowest BCUT2D eigenvalue weighted by molar-refractivity contribution is 0.102. The average Bonchev–Trinajstić information content (AvgIpc) is 3.10. The van der Waals surface area contributed by atoms with Crippen molar-refractivity contribution in [3.63, 3.8) is 0 Å². The number of anilines is 2. The molecule has 146 valence electrons. The van der Waals surface area contributed by atoms with E-state index in [9.17, 15) is 9.90 Å². The molecule has 0 aliphatic carbocycles. The van der Waals surface area contributed by atoms with Crippen LogP contribution < -0.4 is 15.8 Å². The Labute approximate surface area is 167 Å². The van der Waals surface area contributed by atoms with E-state index in [2.05, 4.69) is 10.4 Å². The minimum absolute atomic E-state index is 0.0777. The number of hydrogen-bond donors (Lipinski definition) is 3. The SMILES string of the molecule is COc1cc2nn(Cc3ccc(C(=O)Nc4ccccc4N)cc3)cc2cc1O. The van der Waals surface area contributed by atoms with Crippen LogP contribution in [0.15, 0.2) is 66.9 Å². The number of methoxy groups -OCH3 is 1. The number of amides is 1. The Morgan fingerprint density at radius 3 is 2.66 bits per heavy atom. The van der Waals surface area contributed by atoms with Crippen LogP contribution in [-0.2, 0) is 6.54 Å². The molecule has 7 nitrogen and oxygen atoms in total.